The van der Waals surface area contributed by atoms with Gasteiger partial charge >= 0.3 is 17.8 Å². The van der Waals surface area contributed by atoms with Crippen molar-refractivity contribution in [1.82, 2.24) is 9.80 Å². The SMILES string of the molecule is Cc1cccc(C)c1NC(=O)CN1C(=O)C(=O)N(C(C)c2ccccc2)C1=O. The number of carbonyl (C=O) groups is 4. The van der Waals surface area contributed by atoms with Gasteiger partial charge in [0.15, 0.2) is 0 Å². The van der Waals surface area contributed by atoms with E-state index in [1.807, 2.05) is 38.1 Å². The fraction of sp³-hybridized carbons (Fsp3) is 0.238. The molecule has 5 amide bonds. The first-order chi connectivity index (χ1) is 13.3. The second-order valence-corrected chi connectivity index (χ2v) is 6.75. The summed E-state index contributed by atoms with van der Waals surface area (Å²) in [6.07, 6.45) is 0. The van der Waals surface area contributed by atoms with Crippen LogP contribution in [0.25, 0.3) is 0 Å². The summed E-state index contributed by atoms with van der Waals surface area (Å²) < 4.78 is 0. The highest BCUT2D eigenvalue weighted by atomic mass is 16.2. The molecule has 0 aromatic heterocycles. The Morgan fingerprint density at radius 2 is 1.54 bits per heavy atom. The molecule has 1 unspecified atom stereocenters. The van der Waals surface area contributed by atoms with Gasteiger partial charge in [-0.25, -0.2) is 14.6 Å². The Kier molecular flexibility index (Phi) is 5.26. The van der Waals surface area contributed by atoms with Crippen LogP contribution in [0.4, 0.5) is 10.5 Å². The summed E-state index contributed by atoms with van der Waals surface area (Å²) in [5.41, 5.74) is 3.08. The zero-order valence-electron chi connectivity index (χ0n) is 15.9. The summed E-state index contributed by atoms with van der Waals surface area (Å²) in [6, 6.07) is 13.1. The predicted molar refractivity (Wildman–Crippen MR) is 103 cm³/mol. The number of nitrogens with one attached hydrogen (secondary N) is 1. The van der Waals surface area contributed by atoms with E-state index in [2.05, 4.69) is 5.32 Å². The quantitative estimate of drug-likeness (QED) is 0.639. The van der Waals surface area contributed by atoms with Gasteiger partial charge in [-0.1, -0.05) is 48.5 Å². The molecule has 1 saturated heterocycles. The molecule has 1 aliphatic rings. The molecule has 144 valence electrons. The number of benzene rings is 2. The van der Waals surface area contributed by atoms with Crippen molar-refractivity contribution in [3.8, 4) is 0 Å². The van der Waals surface area contributed by atoms with Gasteiger partial charge in [0.2, 0.25) is 5.91 Å². The summed E-state index contributed by atoms with van der Waals surface area (Å²) in [5.74, 6) is -2.47. The standard InChI is InChI=1S/C21H21N3O4/c1-13-8-7-9-14(2)18(13)22-17(25)12-23-19(26)20(27)24(21(23)28)15(3)16-10-5-4-6-11-16/h4-11,15H,12H2,1-3H3,(H,22,25). The molecule has 1 aliphatic heterocycles. The Morgan fingerprint density at radius 1 is 0.929 bits per heavy atom. The summed E-state index contributed by atoms with van der Waals surface area (Å²) in [7, 11) is 0. The number of aryl methyl sites for hydroxylation is 2. The van der Waals surface area contributed by atoms with Crippen molar-refractivity contribution >= 4 is 29.4 Å². The van der Waals surface area contributed by atoms with Crippen molar-refractivity contribution in [3.63, 3.8) is 0 Å². The summed E-state index contributed by atoms with van der Waals surface area (Å²) in [4.78, 5) is 51.4. The minimum Gasteiger partial charge on any atom is -0.324 e. The Balaban J connectivity index is 1.76. The first-order valence-corrected chi connectivity index (χ1v) is 8.91. The van der Waals surface area contributed by atoms with E-state index in [1.54, 1.807) is 31.2 Å². The number of hydrogen-bond donors (Lipinski definition) is 1. The molecule has 0 radical (unpaired) electrons. The highest BCUT2D eigenvalue weighted by molar-refractivity contribution is 6.45. The lowest BCUT2D eigenvalue weighted by Gasteiger charge is -2.22. The minimum atomic E-state index is -0.996. The van der Waals surface area contributed by atoms with E-state index in [4.69, 9.17) is 0 Å². The zero-order valence-corrected chi connectivity index (χ0v) is 15.9. The number of hydrogen-bond acceptors (Lipinski definition) is 4. The molecule has 3 rings (SSSR count). The van der Waals surface area contributed by atoms with Crippen molar-refractivity contribution in [2.45, 2.75) is 26.8 Å². The number of para-hydroxylation sites is 1. The van der Waals surface area contributed by atoms with Crippen LogP contribution in [-0.2, 0) is 14.4 Å². The van der Waals surface area contributed by atoms with Crippen LogP contribution in [0.15, 0.2) is 48.5 Å². The van der Waals surface area contributed by atoms with Crippen molar-refractivity contribution in [2.75, 3.05) is 11.9 Å². The monoisotopic (exact) mass is 379 g/mol. The van der Waals surface area contributed by atoms with Gasteiger partial charge in [0, 0.05) is 5.69 Å². The van der Waals surface area contributed by atoms with Crippen LogP contribution < -0.4 is 5.32 Å². The highest BCUT2D eigenvalue weighted by Gasteiger charge is 2.47. The van der Waals surface area contributed by atoms with Crippen LogP contribution in [0.2, 0.25) is 0 Å². The van der Waals surface area contributed by atoms with Gasteiger partial charge in [0.25, 0.3) is 0 Å². The van der Waals surface area contributed by atoms with E-state index in [9.17, 15) is 19.2 Å². The van der Waals surface area contributed by atoms with Gasteiger partial charge in [-0.15, -0.1) is 0 Å². The largest absolute Gasteiger partial charge is 0.335 e. The molecule has 2 aromatic carbocycles. The molecule has 1 atom stereocenters. The molecule has 1 heterocycles. The van der Waals surface area contributed by atoms with Gasteiger partial charge in [-0.3, -0.25) is 14.4 Å². The Hall–Kier alpha value is -3.48. The van der Waals surface area contributed by atoms with E-state index in [-0.39, 0.29) is 0 Å². The van der Waals surface area contributed by atoms with Crippen LogP contribution in [0.3, 0.4) is 0 Å². The van der Waals surface area contributed by atoms with Crippen molar-refractivity contribution in [1.29, 1.82) is 0 Å². The summed E-state index contributed by atoms with van der Waals surface area (Å²) >= 11 is 0. The maximum atomic E-state index is 12.7. The highest BCUT2D eigenvalue weighted by Crippen LogP contribution is 2.26. The Labute approximate surface area is 162 Å². The first-order valence-electron chi connectivity index (χ1n) is 8.91. The molecule has 0 aliphatic carbocycles. The molecule has 0 saturated carbocycles. The summed E-state index contributed by atoms with van der Waals surface area (Å²) in [5, 5.41) is 2.72. The van der Waals surface area contributed by atoms with Gasteiger partial charge < -0.3 is 5.32 Å². The Morgan fingerprint density at radius 3 is 2.14 bits per heavy atom. The van der Waals surface area contributed by atoms with Gasteiger partial charge in [0.05, 0.1) is 6.04 Å². The third-order valence-corrected chi connectivity index (χ3v) is 4.80. The van der Waals surface area contributed by atoms with Gasteiger partial charge in [0.1, 0.15) is 6.54 Å². The van der Waals surface area contributed by atoms with E-state index in [1.165, 1.54) is 0 Å². The van der Waals surface area contributed by atoms with Crippen molar-refractivity contribution in [2.24, 2.45) is 0 Å². The maximum Gasteiger partial charge on any atom is 0.335 e. The fourth-order valence-electron chi connectivity index (χ4n) is 3.22. The third-order valence-electron chi connectivity index (χ3n) is 4.80. The van der Waals surface area contributed by atoms with E-state index in [0.717, 1.165) is 21.6 Å². The van der Waals surface area contributed by atoms with Crippen LogP contribution in [-0.4, -0.2) is 40.1 Å². The molecule has 1 fully saturated rings. The summed E-state index contributed by atoms with van der Waals surface area (Å²) in [6.45, 7) is 4.84. The van der Waals surface area contributed by atoms with Gasteiger partial charge in [-0.05, 0) is 37.5 Å². The fourth-order valence-corrected chi connectivity index (χ4v) is 3.22. The smallest absolute Gasteiger partial charge is 0.324 e. The molecular formula is C21H21N3O4. The number of carbonyl (C=O) groups excluding carboxylic acids is 4. The average molecular weight is 379 g/mol. The number of nitrogens with zero attached hydrogens (tertiary/aromatic N) is 2. The molecule has 7 heteroatoms. The normalized spacial score (nSPS) is 15.2. The van der Waals surface area contributed by atoms with Crippen molar-refractivity contribution < 1.29 is 19.2 Å². The second-order valence-electron chi connectivity index (χ2n) is 6.75. The Bertz CT molecular complexity index is 935. The molecule has 7 nitrogen and oxygen atoms in total. The van der Waals surface area contributed by atoms with Crippen LogP contribution in [0.1, 0.15) is 29.7 Å². The lowest BCUT2D eigenvalue weighted by Crippen LogP contribution is -2.39. The molecule has 1 N–H and O–H groups in total. The topological polar surface area (TPSA) is 86.8 Å². The molecule has 0 spiro atoms. The molecule has 0 bridgehead atoms. The number of rotatable bonds is 5. The minimum absolute atomic E-state index is 0.519. The third kappa shape index (κ3) is 3.51. The van der Waals surface area contributed by atoms with Crippen LogP contribution in [0.5, 0.6) is 0 Å². The second kappa shape index (κ2) is 7.64. The van der Waals surface area contributed by atoms with E-state index >= 15 is 0 Å². The number of anilines is 1. The first kappa shape index (κ1) is 19.3. The molecule has 28 heavy (non-hydrogen) atoms. The maximum absolute atomic E-state index is 12.7. The van der Waals surface area contributed by atoms with E-state index in [0.29, 0.717) is 10.6 Å². The predicted octanol–water partition coefficient (Wildman–Crippen LogP) is 2.79. The number of amides is 5. The lowest BCUT2D eigenvalue weighted by atomic mass is 10.1. The number of urea groups is 1. The zero-order chi connectivity index (χ0) is 20.4. The average Bonchev–Trinajstić information content (AvgIpc) is 2.88. The number of imide groups is 2. The lowest BCUT2D eigenvalue weighted by molar-refractivity contribution is -0.144. The van der Waals surface area contributed by atoms with Crippen LogP contribution in [0, 0.1) is 13.8 Å². The molecule has 2 aromatic rings. The van der Waals surface area contributed by atoms with Crippen LogP contribution >= 0.6 is 0 Å². The molecular weight excluding hydrogens is 358 g/mol. The van der Waals surface area contributed by atoms with Gasteiger partial charge in [-0.2, -0.15) is 0 Å². The van der Waals surface area contributed by atoms with Crippen molar-refractivity contribution in [3.05, 3.63) is 65.2 Å². The van der Waals surface area contributed by atoms with E-state index < -0.39 is 36.3 Å².